The summed E-state index contributed by atoms with van der Waals surface area (Å²) in [5.74, 6) is 1.16. The van der Waals surface area contributed by atoms with E-state index in [-0.39, 0.29) is 17.4 Å². The summed E-state index contributed by atoms with van der Waals surface area (Å²) >= 11 is 0. The molecule has 1 fully saturated rings. The molecule has 2 heterocycles. The Hall–Kier alpha value is -2.61. The van der Waals surface area contributed by atoms with E-state index in [2.05, 4.69) is 10.3 Å². The Morgan fingerprint density at radius 1 is 1.19 bits per heavy atom. The van der Waals surface area contributed by atoms with Crippen molar-refractivity contribution in [2.75, 3.05) is 18.6 Å². The highest BCUT2D eigenvalue weighted by molar-refractivity contribution is 7.91. The van der Waals surface area contributed by atoms with Crippen LogP contribution in [0, 0.1) is 5.92 Å². The number of nitrogens with zero attached hydrogens (tertiary/aromatic N) is 1. The van der Waals surface area contributed by atoms with Crippen molar-refractivity contribution in [1.82, 2.24) is 10.3 Å². The van der Waals surface area contributed by atoms with Gasteiger partial charge in [0.1, 0.15) is 11.5 Å². The molecule has 0 saturated carbocycles. The molecule has 1 aliphatic rings. The van der Waals surface area contributed by atoms with Crippen LogP contribution in [0.4, 0.5) is 0 Å². The zero-order valence-electron chi connectivity index (χ0n) is 14.3. The summed E-state index contributed by atoms with van der Waals surface area (Å²) in [4.78, 5) is 16.3. The van der Waals surface area contributed by atoms with E-state index in [1.807, 2.05) is 0 Å². The molecule has 3 rings (SSSR count). The van der Waals surface area contributed by atoms with Crippen molar-refractivity contribution in [3.05, 3.63) is 48.2 Å². The van der Waals surface area contributed by atoms with E-state index in [1.54, 1.807) is 49.7 Å². The fraction of sp³-hybridized carbons (Fsp3) is 0.333. The normalized spacial score (nSPS) is 18.3. The number of methoxy groups -OCH3 is 1. The molecule has 0 radical (unpaired) electrons. The average molecular weight is 376 g/mol. The van der Waals surface area contributed by atoms with Crippen LogP contribution in [0.5, 0.6) is 17.4 Å². The van der Waals surface area contributed by atoms with E-state index in [9.17, 15) is 13.2 Å². The second-order valence-corrected chi connectivity index (χ2v) is 8.33. The molecule has 7 nitrogen and oxygen atoms in total. The van der Waals surface area contributed by atoms with Crippen LogP contribution >= 0.6 is 0 Å². The maximum absolute atomic E-state index is 12.0. The highest BCUT2D eigenvalue weighted by atomic mass is 32.2. The van der Waals surface area contributed by atoms with Gasteiger partial charge in [-0.2, -0.15) is 0 Å². The summed E-state index contributed by atoms with van der Waals surface area (Å²) in [6, 6.07) is 10.7. The van der Waals surface area contributed by atoms with Crippen molar-refractivity contribution in [2.45, 2.75) is 13.0 Å². The number of aromatic nitrogens is 1. The van der Waals surface area contributed by atoms with Gasteiger partial charge >= 0.3 is 0 Å². The minimum Gasteiger partial charge on any atom is -0.497 e. The monoisotopic (exact) mass is 376 g/mol. The predicted octanol–water partition coefficient (Wildman–Crippen LogP) is 1.93. The Kier molecular flexibility index (Phi) is 5.41. The van der Waals surface area contributed by atoms with Crippen LogP contribution in [-0.4, -0.2) is 37.9 Å². The lowest BCUT2D eigenvalue weighted by molar-refractivity contribution is -0.124. The molecule has 1 saturated heterocycles. The molecule has 1 aromatic carbocycles. The number of hydrogen-bond acceptors (Lipinski definition) is 6. The molecule has 1 amide bonds. The van der Waals surface area contributed by atoms with E-state index in [1.165, 1.54) is 0 Å². The van der Waals surface area contributed by atoms with Gasteiger partial charge in [-0.3, -0.25) is 4.79 Å². The van der Waals surface area contributed by atoms with E-state index in [4.69, 9.17) is 9.47 Å². The van der Waals surface area contributed by atoms with Gasteiger partial charge in [-0.1, -0.05) is 6.07 Å². The molecule has 1 N–H and O–H groups in total. The molecule has 1 aliphatic heterocycles. The van der Waals surface area contributed by atoms with Gasteiger partial charge in [0.25, 0.3) is 0 Å². The first-order valence-electron chi connectivity index (χ1n) is 8.20. The molecule has 2 aromatic rings. The summed E-state index contributed by atoms with van der Waals surface area (Å²) in [6.07, 6.45) is 2.01. The van der Waals surface area contributed by atoms with Crippen molar-refractivity contribution in [3.63, 3.8) is 0 Å². The van der Waals surface area contributed by atoms with Crippen molar-refractivity contribution in [3.8, 4) is 17.4 Å². The van der Waals surface area contributed by atoms with Crippen LogP contribution in [0.25, 0.3) is 0 Å². The average Bonchev–Trinajstić information content (AvgIpc) is 3.01. The number of sulfone groups is 1. The van der Waals surface area contributed by atoms with Crippen LogP contribution in [0.1, 0.15) is 12.0 Å². The molecule has 8 heteroatoms. The van der Waals surface area contributed by atoms with Crippen LogP contribution < -0.4 is 14.8 Å². The summed E-state index contributed by atoms with van der Waals surface area (Å²) in [6.45, 7) is 0.297. The third-order valence-corrected chi connectivity index (χ3v) is 5.92. The number of carbonyl (C=O) groups excluding carboxylic acids is 1. The van der Waals surface area contributed by atoms with E-state index in [0.717, 1.165) is 11.3 Å². The lowest BCUT2D eigenvalue weighted by Crippen LogP contribution is -2.30. The molecule has 26 heavy (non-hydrogen) atoms. The lowest BCUT2D eigenvalue weighted by Gasteiger charge is -2.10. The zero-order chi connectivity index (χ0) is 18.6. The number of amides is 1. The fourth-order valence-corrected chi connectivity index (χ4v) is 4.42. The molecule has 138 valence electrons. The SMILES string of the molecule is COc1ccc(Oc2ccc(CNC(=O)[C@@H]3CCS(=O)(=O)C3)cn2)cc1. The standard InChI is InChI=1S/C18H20N2O5S/c1-24-15-3-5-16(6-4-15)25-17-7-2-13(10-19-17)11-20-18(21)14-8-9-26(22,23)12-14/h2-7,10,14H,8-9,11-12H2,1H3,(H,20,21)/t14-/m1/s1. The van der Waals surface area contributed by atoms with Gasteiger partial charge < -0.3 is 14.8 Å². The van der Waals surface area contributed by atoms with Gasteiger partial charge in [-0.15, -0.1) is 0 Å². The molecule has 0 spiro atoms. The van der Waals surface area contributed by atoms with Crippen LogP contribution in [-0.2, 0) is 21.2 Å². The molecular weight excluding hydrogens is 356 g/mol. The third-order valence-electron chi connectivity index (χ3n) is 4.15. The number of benzene rings is 1. The number of ether oxygens (including phenoxy) is 2. The van der Waals surface area contributed by atoms with Gasteiger partial charge in [0.05, 0.1) is 24.5 Å². The number of pyridine rings is 1. The van der Waals surface area contributed by atoms with Crippen LogP contribution in [0.2, 0.25) is 0 Å². The second-order valence-electron chi connectivity index (χ2n) is 6.10. The van der Waals surface area contributed by atoms with E-state index in [0.29, 0.717) is 24.6 Å². The second kappa shape index (κ2) is 7.74. The first-order valence-corrected chi connectivity index (χ1v) is 10.0. The fourth-order valence-electron chi connectivity index (χ4n) is 2.68. The molecule has 0 bridgehead atoms. The predicted molar refractivity (Wildman–Crippen MR) is 95.9 cm³/mol. The minimum absolute atomic E-state index is 0.0638. The smallest absolute Gasteiger partial charge is 0.224 e. The number of rotatable bonds is 6. The Morgan fingerprint density at radius 3 is 2.50 bits per heavy atom. The van der Waals surface area contributed by atoms with Gasteiger partial charge in [0, 0.05) is 18.8 Å². The molecule has 1 aromatic heterocycles. The number of hydrogen-bond donors (Lipinski definition) is 1. The highest BCUT2D eigenvalue weighted by Gasteiger charge is 2.32. The highest BCUT2D eigenvalue weighted by Crippen LogP contribution is 2.22. The van der Waals surface area contributed by atoms with Gasteiger partial charge in [0.2, 0.25) is 11.8 Å². The number of carbonyl (C=O) groups is 1. The summed E-state index contributed by atoms with van der Waals surface area (Å²) < 4.78 is 33.6. The number of nitrogens with one attached hydrogen (secondary N) is 1. The summed E-state index contributed by atoms with van der Waals surface area (Å²) in [7, 11) is -1.46. The van der Waals surface area contributed by atoms with Crippen molar-refractivity contribution < 1.29 is 22.7 Å². The molecular formula is C18H20N2O5S. The van der Waals surface area contributed by atoms with Gasteiger partial charge in [-0.25, -0.2) is 13.4 Å². The van der Waals surface area contributed by atoms with E-state index < -0.39 is 15.8 Å². The van der Waals surface area contributed by atoms with Gasteiger partial charge in [-0.05, 0) is 36.2 Å². The van der Waals surface area contributed by atoms with Crippen molar-refractivity contribution in [2.24, 2.45) is 5.92 Å². The first-order chi connectivity index (χ1) is 12.4. The Balaban J connectivity index is 1.52. The van der Waals surface area contributed by atoms with E-state index >= 15 is 0 Å². The Morgan fingerprint density at radius 2 is 1.92 bits per heavy atom. The minimum atomic E-state index is -3.06. The topological polar surface area (TPSA) is 94.6 Å². The molecule has 0 unspecified atom stereocenters. The largest absolute Gasteiger partial charge is 0.497 e. The summed E-state index contributed by atoms with van der Waals surface area (Å²) in [5.41, 5.74) is 0.807. The maximum atomic E-state index is 12.0. The van der Waals surface area contributed by atoms with Crippen molar-refractivity contribution in [1.29, 1.82) is 0 Å². The lowest BCUT2D eigenvalue weighted by atomic mass is 10.1. The van der Waals surface area contributed by atoms with Crippen LogP contribution in [0.15, 0.2) is 42.6 Å². The quantitative estimate of drug-likeness (QED) is 0.828. The van der Waals surface area contributed by atoms with Gasteiger partial charge in [0.15, 0.2) is 9.84 Å². The summed E-state index contributed by atoms with van der Waals surface area (Å²) in [5, 5.41) is 2.76. The third kappa shape index (κ3) is 4.72. The maximum Gasteiger partial charge on any atom is 0.224 e. The Labute approximate surface area is 152 Å². The first kappa shape index (κ1) is 18.2. The zero-order valence-corrected chi connectivity index (χ0v) is 15.2. The molecule has 0 aliphatic carbocycles. The van der Waals surface area contributed by atoms with Crippen LogP contribution in [0.3, 0.4) is 0 Å². The Bertz CT molecular complexity index is 863. The molecule has 1 atom stereocenters. The van der Waals surface area contributed by atoms with Crippen molar-refractivity contribution >= 4 is 15.7 Å².